The van der Waals surface area contributed by atoms with Crippen LogP contribution in [-0.2, 0) is 9.53 Å². The predicted molar refractivity (Wildman–Crippen MR) is 107 cm³/mol. The molecular formula is C21H24NO4P. The minimum Gasteiger partial charge on any atom is -0.463 e. The van der Waals surface area contributed by atoms with Gasteiger partial charge in [-0.25, -0.2) is 9.88 Å². The van der Waals surface area contributed by atoms with Crippen LogP contribution in [0.2, 0.25) is 0 Å². The number of hydrogen-bond donors (Lipinski definition) is 1. The molecule has 2 aromatic carbocycles. The standard InChI is InChI=1S/C21H24NO4P/c1-2-24-21(23)17-10-9-11-18(16-17)22-27(25-19-12-5-3-6-13-19)26-20-14-7-4-8-15-20/h3-8,12-16,18,22H,2,9-11H2,1H3/t18-/m1/s1. The molecule has 2 aromatic rings. The van der Waals surface area contributed by atoms with Gasteiger partial charge in [-0.2, -0.15) is 0 Å². The number of esters is 1. The molecule has 0 amide bonds. The van der Waals surface area contributed by atoms with E-state index >= 15 is 0 Å². The largest absolute Gasteiger partial charge is 0.463 e. The van der Waals surface area contributed by atoms with Gasteiger partial charge in [-0.3, -0.25) is 0 Å². The Labute approximate surface area is 161 Å². The highest BCUT2D eigenvalue weighted by molar-refractivity contribution is 7.45. The van der Waals surface area contributed by atoms with Gasteiger partial charge in [0.15, 0.2) is 0 Å². The van der Waals surface area contributed by atoms with Crippen molar-refractivity contribution in [3.05, 3.63) is 72.3 Å². The van der Waals surface area contributed by atoms with Crippen LogP contribution in [0.4, 0.5) is 0 Å². The van der Waals surface area contributed by atoms with Crippen LogP contribution in [0.3, 0.4) is 0 Å². The van der Waals surface area contributed by atoms with Gasteiger partial charge >= 0.3 is 14.5 Å². The lowest BCUT2D eigenvalue weighted by Gasteiger charge is -2.26. The van der Waals surface area contributed by atoms with Crippen molar-refractivity contribution in [2.75, 3.05) is 6.61 Å². The molecule has 1 N–H and O–H groups in total. The number of rotatable bonds is 8. The summed E-state index contributed by atoms with van der Waals surface area (Å²) >= 11 is 0. The quantitative estimate of drug-likeness (QED) is 0.512. The Hall–Kier alpha value is -2.36. The van der Waals surface area contributed by atoms with E-state index in [2.05, 4.69) is 5.09 Å². The number of carbonyl (C=O) groups is 1. The molecular weight excluding hydrogens is 361 g/mol. The SMILES string of the molecule is CCOC(=O)C1=C[C@H](NP(Oc2ccccc2)Oc2ccccc2)CCC1. The first kappa shape index (κ1) is 19.4. The fourth-order valence-electron chi connectivity index (χ4n) is 2.78. The number of ether oxygens (including phenoxy) is 1. The lowest BCUT2D eigenvalue weighted by atomic mass is 9.96. The summed E-state index contributed by atoms with van der Waals surface area (Å²) in [7, 11) is -1.43. The topological polar surface area (TPSA) is 56.8 Å². The van der Waals surface area contributed by atoms with E-state index in [1.165, 1.54) is 0 Å². The third-order valence-corrected chi connectivity index (χ3v) is 5.33. The molecule has 0 saturated carbocycles. The normalized spacial score (nSPS) is 16.5. The molecule has 0 bridgehead atoms. The smallest absolute Gasteiger partial charge is 0.382 e. The van der Waals surface area contributed by atoms with Crippen LogP contribution in [-0.4, -0.2) is 18.6 Å². The number of nitrogens with one attached hydrogen (secondary N) is 1. The van der Waals surface area contributed by atoms with E-state index in [1.54, 1.807) is 0 Å². The third kappa shape index (κ3) is 6.09. The number of hydrogen-bond acceptors (Lipinski definition) is 5. The van der Waals surface area contributed by atoms with Crippen LogP contribution < -0.4 is 14.1 Å². The second-order valence-electron chi connectivity index (χ2n) is 6.11. The Morgan fingerprint density at radius 1 is 1.04 bits per heavy atom. The minimum absolute atomic E-state index is 0.00306. The van der Waals surface area contributed by atoms with Crippen LogP contribution in [0.5, 0.6) is 11.5 Å². The number of benzene rings is 2. The second kappa shape index (κ2) is 10.1. The maximum absolute atomic E-state index is 12.0. The third-order valence-electron chi connectivity index (χ3n) is 4.04. The summed E-state index contributed by atoms with van der Waals surface area (Å²) in [6.07, 6.45) is 4.52. The van der Waals surface area contributed by atoms with E-state index in [-0.39, 0.29) is 12.0 Å². The summed E-state index contributed by atoms with van der Waals surface area (Å²) in [5, 5.41) is 3.42. The van der Waals surface area contributed by atoms with Crippen molar-refractivity contribution in [3.63, 3.8) is 0 Å². The van der Waals surface area contributed by atoms with Crippen molar-refractivity contribution in [1.29, 1.82) is 0 Å². The lowest BCUT2D eigenvalue weighted by molar-refractivity contribution is -0.138. The first-order valence-electron chi connectivity index (χ1n) is 9.14. The van der Waals surface area contributed by atoms with Gasteiger partial charge in [0.2, 0.25) is 0 Å². The molecule has 0 spiro atoms. The summed E-state index contributed by atoms with van der Waals surface area (Å²) in [6.45, 7) is 2.20. The van der Waals surface area contributed by atoms with Crippen LogP contribution in [0.25, 0.3) is 0 Å². The predicted octanol–water partition coefficient (Wildman–Crippen LogP) is 5.00. The minimum atomic E-state index is -1.43. The van der Waals surface area contributed by atoms with Crippen molar-refractivity contribution >= 4 is 14.5 Å². The maximum Gasteiger partial charge on any atom is 0.382 e. The average molecular weight is 385 g/mol. The Kier molecular flexibility index (Phi) is 7.26. The molecule has 0 radical (unpaired) electrons. The van der Waals surface area contributed by atoms with Gasteiger partial charge < -0.3 is 13.8 Å². The second-order valence-corrected chi connectivity index (χ2v) is 7.24. The molecule has 0 heterocycles. The molecule has 0 aromatic heterocycles. The molecule has 1 aliphatic rings. The van der Waals surface area contributed by atoms with E-state index in [1.807, 2.05) is 73.7 Å². The first-order valence-corrected chi connectivity index (χ1v) is 10.3. The average Bonchev–Trinajstić information content (AvgIpc) is 2.70. The zero-order valence-corrected chi connectivity index (χ0v) is 16.2. The Morgan fingerprint density at radius 3 is 2.19 bits per heavy atom. The van der Waals surface area contributed by atoms with Gasteiger partial charge in [-0.05, 0) is 50.5 Å². The fraction of sp³-hybridized carbons (Fsp3) is 0.286. The summed E-state index contributed by atoms with van der Waals surface area (Å²) in [5.41, 5.74) is 0.718. The molecule has 27 heavy (non-hydrogen) atoms. The fourth-order valence-corrected chi connectivity index (χ4v) is 4.02. The van der Waals surface area contributed by atoms with Gasteiger partial charge in [0.05, 0.1) is 6.61 Å². The van der Waals surface area contributed by atoms with Gasteiger partial charge in [-0.1, -0.05) is 42.5 Å². The Morgan fingerprint density at radius 2 is 1.63 bits per heavy atom. The molecule has 0 fully saturated rings. The van der Waals surface area contributed by atoms with Gasteiger partial charge in [-0.15, -0.1) is 0 Å². The van der Waals surface area contributed by atoms with E-state index in [0.717, 1.165) is 36.3 Å². The van der Waals surface area contributed by atoms with E-state index in [0.29, 0.717) is 6.61 Å². The molecule has 0 aliphatic heterocycles. The highest BCUT2D eigenvalue weighted by Gasteiger charge is 2.24. The highest BCUT2D eigenvalue weighted by Crippen LogP contribution is 2.38. The Balaban J connectivity index is 1.72. The summed E-state index contributed by atoms with van der Waals surface area (Å²) < 4.78 is 17.2. The highest BCUT2D eigenvalue weighted by atomic mass is 31.2. The van der Waals surface area contributed by atoms with Crippen LogP contribution in [0, 0.1) is 0 Å². The molecule has 5 nitrogen and oxygen atoms in total. The van der Waals surface area contributed by atoms with Crippen molar-refractivity contribution in [1.82, 2.24) is 5.09 Å². The maximum atomic E-state index is 12.0. The van der Waals surface area contributed by atoms with E-state index < -0.39 is 8.53 Å². The van der Waals surface area contributed by atoms with Gasteiger partial charge in [0.25, 0.3) is 0 Å². The van der Waals surface area contributed by atoms with E-state index in [9.17, 15) is 4.79 Å². The van der Waals surface area contributed by atoms with Crippen LogP contribution in [0.1, 0.15) is 26.2 Å². The molecule has 0 saturated heterocycles. The zero-order chi connectivity index (χ0) is 18.9. The summed E-state index contributed by atoms with van der Waals surface area (Å²) in [5.74, 6) is 1.23. The molecule has 1 atom stereocenters. The van der Waals surface area contributed by atoms with Crippen molar-refractivity contribution < 1.29 is 18.6 Å². The van der Waals surface area contributed by atoms with Crippen molar-refractivity contribution in [2.45, 2.75) is 32.2 Å². The Bertz CT molecular complexity index is 710. The van der Waals surface area contributed by atoms with Crippen molar-refractivity contribution in [2.24, 2.45) is 0 Å². The molecule has 3 rings (SSSR count). The molecule has 6 heteroatoms. The van der Waals surface area contributed by atoms with Gasteiger partial charge in [0, 0.05) is 11.6 Å². The summed E-state index contributed by atoms with van der Waals surface area (Å²) in [4.78, 5) is 12.0. The zero-order valence-electron chi connectivity index (χ0n) is 15.3. The van der Waals surface area contributed by atoms with Crippen LogP contribution >= 0.6 is 8.53 Å². The number of carbonyl (C=O) groups excluding carboxylic acids is 1. The van der Waals surface area contributed by atoms with Gasteiger partial charge in [0.1, 0.15) is 11.5 Å². The lowest BCUT2D eigenvalue weighted by Crippen LogP contribution is -2.29. The monoisotopic (exact) mass is 385 g/mol. The summed E-state index contributed by atoms with van der Waals surface area (Å²) in [6, 6.07) is 19.1. The van der Waals surface area contributed by atoms with Crippen molar-refractivity contribution in [3.8, 4) is 11.5 Å². The number of para-hydroxylation sites is 2. The first-order chi connectivity index (χ1) is 13.2. The molecule has 1 aliphatic carbocycles. The molecule has 142 valence electrons. The van der Waals surface area contributed by atoms with E-state index in [4.69, 9.17) is 13.8 Å². The molecule has 0 unspecified atom stereocenters. The van der Waals surface area contributed by atoms with Crippen LogP contribution in [0.15, 0.2) is 72.3 Å².